The molecule has 1 rings (SSSR count). The Bertz CT molecular complexity index is 197. The van der Waals surface area contributed by atoms with Crippen LogP contribution >= 0.6 is 0 Å². The van der Waals surface area contributed by atoms with E-state index in [-0.39, 0.29) is 18.1 Å². The van der Waals surface area contributed by atoms with E-state index in [1.165, 1.54) is 0 Å². The van der Waals surface area contributed by atoms with Crippen LogP contribution in [0.1, 0.15) is 32.6 Å². The number of aliphatic hydroxyl groups is 1. The van der Waals surface area contributed by atoms with Gasteiger partial charge in [0.1, 0.15) is 0 Å². The van der Waals surface area contributed by atoms with Gasteiger partial charge in [-0.05, 0) is 12.8 Å². The van der Waals surface area contributed by atoms with Gasteiger partial charge in [-0.1, -0.05) is 19.8 Å². The number of hydrogen-bond donors (Lipinski definition) is 2. The topological polar surface area (TPSA) is 66.6 Å². The van der Waals surface area contributed by atoms with Crippen LogP contribution in [0.15, 0.2) is 0 Å². The van der Waals surface area contributed by atoms with E-state index in [2.05, 4.69) is 6.92 Å². The number of aliphatic hydroxyl groups excluding tert-OH is 1. The Kier molecular flexibility index (Phi) is 4.35. The van der Waals surface area contributed by atoms with Crippen molar-refractivity contribution in [1.29, 1.82) is 0 Å². The second-order valence-electron chi connectivity index (χ2n) is 3.98. The molecule has 0 aromatic carbocycles. The lowest BCUT2D eigenvalue weighted by Gasteiger charge is -2.20. The summed E-state index contributed by atoms with van der Waals surface area (Å²) in [6.07, 6.45) is 3.14. The Hall–Kier alpha value is -0.610. The summed E-state index contributed by atoms with van der Waals surface area (Å²) in [5.41, 5.74) is 5.76. The number of nitrogens with two attached hydrogens (primary N) is 1. The number of β-amino-alcohol motifs (C(OH)–C–C–N with tert-alkyl or cyclic N) is 1. The largest absolute Gasteiger partial charge is 0.391 e. The SMILES string of the molecule is CCCC[C@H](N)C(=O)N1CC[C@@H](O)C1. The van der Waals surface area contributed by atoms with E-state index in [1.807, 2.05) is 0 Å². The van der Waals surface area contributed by atoms with E-state index in [9.17, 15) is 9.90 Å². The first-order chi connectivity index (χ1) is 6.65. The lowest BCUT2D eigenvalue weighted by molar-refractivity contribution is -0.132. The molecule has 2 atom stereocenters. The number of rotatable bonds is 4. The predicted octanol–water partition coefficient (Wildman–Crippen LogP) is 0.0971. The Morgan fingerprint density at radius 3 is 2.93 bits per heavy atom. The molecule has 4 nitrogen and oxygen atoms in total. The summed E-state index contributed by atoms with van der Waals surface area (Å²) in [6.45, 7) is 3.19. The zero-order valence-electron chi connectivity index (χ0n) is 8.78. The number of amides is 1. The summed E-state index contributed by atoms with van der Waals surface area (Å²) in [7, 11) is 0. The van der Waals surface area contributed by atoms with Gasteiger partial charge >= 0.3 is 0 Å². The fourth-order valence-electron chi connectivity index (χ4n) is 1.72. The summed E-state index contributed by atoms with van der Waals surface area (Å²) in [6, 6.07) is -0.375. The molecule has 0 saturated carbocycles. The molecule has 0 aliphatic carbocycles. The molecule has 0 aromatic heterocycles. The first-order valence-electron chi connectivity index (χ1n) is 5.37. The van der Waals surface area contributed by atoms with Crippen molar-refractivity contribution in [2.45, 2.75) is 44.8 Å². The minimum Gasteiger partial charge on any atom is -0.391 e. The van der Waals surface area contributed by atoms with Gasteiger partial charge in [-0.25, -0.2) is 0 Å². The van der Waals surface area contributed by atoms with Crippen LogP contribution in [0.4, 0.5) is 0 Å². The number of hydrogen-bond acceptors (Lipinski definition) is 3. The molecule has 1 fully saturated rings. The van der Waals surface area contributed by atoms with Crippen molar-refractivity contribution in [2.24, 2.45) is 5.73 Å². The maximum atomic E-state index is 11.7. The van der Waals surface area contributed by atoms with Crippen LogP contribution < -0.4 is 5.73 Å². The molecule has 1 heterocycles. The van der Waals surface area contributed by atoms with Gasteiger partial charge in [0.05, 0.1) is 12.1 Å². The van der Waals surface area contributed by atoms with Crippen molar-refractivity contribution >= 4 is 5.91 Å². The molecule has 0 bridgehead atoms. The molecule has 0 unspecified atom stereocenters. The maximum Gasteiger partial charge on any atom is 0.239 e. The standard InChI is InChI=1S/C10H20N2O2/c1-2-3-4-9(11)10(14)12-6-5-8(13)7-12/h8-9,13H,2-7,11H2,1H3/t8-,9+/m1/s1. The maximum absolute atomic E-state index is 11.7. The molecule has 3 N–H and O–H groups in total. The van der Waals surface area contributed by atoms with Crippen LogP contribution in [0, 0.1) is 0 Å². The lowest BCUT2D eigenvalue weighted by atomic mass is 10.1. The fourth-order valence-corrected chi connectivity index (χ4v) is 1.72. The van der Waals surface area contributed by atoms with Crippen LogP contribution in [0.5, 0.6) is 0 Å². The summed E-state index contributed by atoms with van der Waals surface area (Å²) >= 11 is 0. The Balaban J connectivity index is 2.32. The van der Waals surface area contributed by atoms with E-state index in [0.717, 1.165) is 19.3 Å². The monoisotopic (exact) mass is 200 g/mol. The highest BCUT2D eigenvalue weighted by Crippen LogP contribution is 2.11. The highest BCUT2D eigenvalue weighted by atomic mass is 16.3. The minimum atomic E-state index is -0.375. The van der Waals surface area contributed by atoms with Gasteiger partial charge in [0.15, 0.2) is 0 Å². The smallest absolute Gasteiger partial charge is 0.239 e. The van der Waals surface area contributed by atoms with Gasteiger partial charge in [-0.15, -0.1) is 0 Å². The van der Waals surface area contributed by atoms with E-state index < -0.39 is 0 Å². The molecule has 1 aliphatic rings. The highest BCUT2D eigenvalue weighted by molar-refractivity contribution is 5.81. The molecule has 1 saturated heterocycles. The number of likely N-dealkylation sites (tertiary alicyclic amines) is 1. The molecule has 4 heteroatoms. The summed E-state index contributed by atoms with van der Waals surface area (Å²) < 4.78 is 0. The number of carbonyl (C=O) groups is 1. The Morgan fingerprint density at radius 2 is 2.43 bits per heavy atom. The number of carbonyl (C=O) groups excluding carboxylic acids is 1. The van der Waals surface area contributed by atoms with Crippen molar-refractivity contribution in [1.82, 2.24) is 4.90 Å². The van der Waals surface area contributed by atoms with Gasteiger partial charge in [0.25, 0.3) is 0 Å². The predicted molar refractivity (Wildman–Crippen MR) is 54.7 cm³/mol. The van der Waals surface area contributed by atoms with Crippen molar-refractivity contribution in [2.75, 3.05) is 13.1 Å². The average molecular weight is 200 g/mol. The fraction of sp³-hybridized carbons (Fsp3) is 0.900. The number of unbranched alkanes of at least 4 members (excludes halogenated alkanes) is 1. The van der Waals surface area contributed by atoms with Crippen molar-refractivity contribution in [3.05, 3.63) is 0 Å². The average Bonchev–Trinajstić information content (AvgIpc) is 2.60. The molecule has 1 aliphatic heterocycles. The van der Waals surface area contributed by atoms with E-state index >= 15 is 0 Å². The van der Waals surface area contributed by atoms with Gasteiger partial charge < -0.3 is 15.7 Å². The molecule has 0 radical (unpaired) electrons. The van der Waals surface area contributed by atoms with Crippen LogP contribution in [-0.4, -0.2) is 41.1 Å². The molecule has 82 valence electrons. The lowest BCUT2D eigenvalue weighted by Crippen LogP contribution is -2.42. The second kappa shape index (κ2) is 5.32. The second-order valence-corrected chi connectivity index (χ2v) is 3.98. The summed E-state index contributed by atoms with van der Waals surface area (Å²) in [5.74, 6) is -0.00463. The van der Waals surface area contributed by atoms with Crippen molar-refractivity contribution in [3.8, 4) is 0 Å². The van der Waals surface area contributed by atoms with E-state index in [1.54, 1.807) is 4.90 Å². The normalized spacial score (nSPS) is 23.9. The van der Waals surface area contributed by atoms with Crippen molar-refractivity contribution < 1.29 is 9.90 Å². The molecular formula is C10H20N2O2. The molecular weight excluding hydrogens is 180 g/mol. The minimum absolute atomic E-state index is 0.00463. The van der Waals surface area contributed by atoms with Crippen LogP contribution in [0.3, 0.4) is 0 Å². The zero-order chi connectivity index (χ0) is 10.6. The zero-order valence-corrected chi connectivity index (χ0v) is 8.78. The Morgan fingerprint density at radius 1 is 1.71 bits per heavy atom. The quantitative estimate of drug-likeness (QED) is 0.676. The molecule has 0 spiro atoms. The van der Waals surface area contributed by atoms with E-state index in [4.69, 9.17) is 5.73 Å². The summed E-state index contributed by atoms with van der Waals surface area (Å²) in [4.78, 5) is 13.4. The third-order valence-electron chi connectivity index (χ3n) is 2.66. The van der Waals surface area contributed by atoms with Crippen LogP contribution in [-0.2, 0) is 4.79 Å². The molecule has 1 amide bonds. The van der Waals surface area contributed by atoms with E-state index in [0.29, 0.717) is 19.5 Å². The highest BCUT2D eigenvalue weighted by Gasteiger charge is 2.27. The van der Waals surface area contributed by atoms with Crippen LogP contribution in [0.25, 0.3) is 0 Å². The third-order valence-corrected chi connectivity index (χ3v) is 2.66. The van der Waals surface area contributed by atoms with Gasteiger partial charge in [0.2, 0.25) is 5.91 Å². The molecule has 0 aromatic rings. The first-order valence-corrected chi connectivity index (χ1v) is 5.37. The van der Waals surface area contributed by atoms with Crippen molar-refractivity contribution in [3.63, 3.8) is 0 Å². The Labute approximate surface area is 85.1 Å². The van der Waals surface area contributed by atoms with Gasteiger partial charge in [0, 0.05) is 13.1 Å². The van der Waals surface area contributed by atoms with Gasteiger partial charge in [-0.3, -0.25) is 4.79 Å². The first kappa shape index (κ1) is 11.5. The van der Waals surface area contributed by atoms with Gasteiger partial charge in [-0.2, -0.15) is 0 Å². The third kappa shape index (κ3) is 2.96. The number of nitrogens with zero attached hydrogens (tertiary/aromatic N) is 1. The van der Waals surface area contributed by atoms with Crippen LogP contribution in [0.2, 0.25) is 0 Å². The molecule has 14 heavy (non-hydrogen) atoms. The summed E-state index contributed by atoms with van der Waals surface area (Å²) in [5, 5.41) is 9.27.